The van der Waals surface area contributed by atoms with Crippen LogP contribution in [0.2, 0.25) is 0 Å². The second-order valence-electron chi connectivity index (χ2n) is 6.42. The van der Waals surface area contributed by atoms with Crippen LogP contribution in [0.1, 0.15) is 13.3 Å². The van der Waals surface area contributed by atoms with E-state index in [-0.39, 0.29) is 0 Å². The van der Waals surface area contributed by atoms with Crippen molar-refractivity contribution >= 4 is 16.8 Å². The van der Waals surface area contributed by atoms with Gasteiger partial charge in [0.25, 0.3) is 0 Å². The van der Waals surface area contributed by atoms with Gasteiger partial charge in [0.1, 0.15) is 36.7 Å². The number of fused-ring (bicyclic) bond motifs is 3. The lowest BCUT2D eigenvalue weighted by Crippen LogP contribution is -2.40. The van der Waals surface area contributed by atoms with Crippen molar-refractivity contribution in [1.29, 1.82) is 0 Å². The molecule has 0 radical (unpaired) electrons. The molecular formula is C19H20N3O2+. The van der Waals surface area contributed by atoms with Crippen molar-refractivity contribution < 1.29 is 9.15 Å². The molecule has 5 nitrogen and oxygen atoms in total. The first-order chi connectivity index (χ1) is 11.8. The molecule has 5 heteroatoms. The van der Waals surface area contributed by atoms with Crippen LogP contribution in [-0.2, 0) is 0 Å². The van der Waals surface area contributed by atoms with Gasteiger partial charge in [-0.3, -0.25) is 0 Å². The van der Waals surface area contributed by atoms with Crippen LogP contribution in [-0.4, -0.2) is 37.8 Å². The fourth-order valence-electron chi connectivity index (χ4n) is 3.48. The molecule has 0 spiro atoms. The van der Waals surface area contributed by atoms with Crippen LogP contribution in [0.4, 0.5) is 5.69 Å². The summed E-state index contributed by atoms with van der Waals surface area (Å²) in [4.78, 5) is 7.08. The number of benzene rings is 2. The predicted molar refractivity (Wildman–Crippen MR) is 93.6 cm³/mol. The number of hydrogen-bond acceptors (Lipinski definition) is 4. The molecule has 0 aromatic heterocycles. The van der Waals surface area contributed by atoms with Crippen LogP contribution >= 0.6 is 0 Å². The summed E-state index contributed by atoms with van der Waals surface area (Å²) in [5, 5.41) is 1.22. The monoisotopic (exact) mass is 322 g/mol. The highest BCUT2D eigenvalue weighted by molar-refractivity contribution is 5.84. The lowest BCUT2D eigenvalue weighted by molar-refractivity contribution is 0.308. The van der Waals surface area contributed by atoms with Gasteiger partial charge in [0.05, 0.1) is 24.7 Å². The number of anilines is 1. The van der Waals surface area contributed by atoms with E-state index in [1.165, 1.54) is 11.8 Å². The topological polar surface area (TPSA) is 41.5 Å². The van der Waals surface area contributed by atoms with Crippen LogP contribution in [0.5, 0.6) is 5.75 Å². The lowest BCUT2D eigenvalue weighted by atomic mass is 10.1. The van der Waals surface area contributed by atoms with Gasteiger partial charge in [-0.1, -0.05) is 0 Å². The molecule has 1 saturated heterocycles. The molecule has 4 aliphatic rings. The van der Waals surface area contributed by atoms with Gasteiger partial charge in [-0.25, -0.2) is 9.56 Å². The molecule has 0 N–H and O–H groups in total. The largest absolute Gasteiger partial charge is 0.489 e. The first-order valence-corrected chi connectivity index (χ1v) is 8.66. The molecule has 5 rings (SSSR count). The zero-order valence-electron chi connectivity index (χ0n) is 13.8. The molecule has 3 heterocycles. The number of likely N-dealkylation sites (N-methyl/N-ethyl adjacent to an activating group) is 1. The first-order valence-electron chi connectivity index (χ1n) is 8.66. The molecule has 1 aromatic rings. The summed E-state index contributed by atoms with van der Waals surface area (Å²) in [7, 11) is 0. The lowest BCUT2D eigenvalue weighted by Gasteiger charge is -2.30. The standard InChI is InChI=1S/C19H20N3O2/c1-2-21-8-9-23-19-11-15-18(12-16(19)21)24-17-10-13(22-6-3-7-22)4-5-14(17)20-15/h4-5,10-12H,2-3,6-9H2,1H3/q+1. The Hall–Kier alpha value is -2.56. The van der Waals surface area contributed by atoms with Crippen molar-refractivity contribution in [2.24, 2.45) is 0 Å². The van der Waals surface area contributed by atoms with Gasteiger partial charge in [-0.2, -0.15) is 0 Å². The average Bonchev–Trinajstić information content (AvgIpc) is 2.56. The van der Waals surface area contributed by atoms with Crippen LogP contribution in [0.25, 0.3) is 22.6 Å². The Morgan fingerprint density at radius 1 is 1.21 bits per heavy atom. The van der Waals surface area contributed by atoms with Crippen molar-refractivity contribution in [3.05, 3.63) is 35.7 Å². The fourth-order valence-corrected chi connectivity index (χ4v) is 3.48. The molecule has 0 amide bonds. The Morgan fingerprint density at radius 3 is 2.92 bits per heavy atom. The molecule has 0 unspecified atom stereocenters. The van der Waals surface area contributed by atoms with Gasteiger partial charge < -0.3 is 14.1 Å². The molecule has 1 aromatic carbocycles. The Labute approximate surface area is 140 Å². The Bertz CT molecular complexity index is 970. The smallest absolute Gasteiger partial charge is 0.203 e. The Kier molecular flexibility index (Phi) is 3.01. The van der Waals surface area contributed by atoms with Crippen molar-refractivity contribution in [2.45, 2.75) is 13.3 Å². The van der Waals surface area contributed by atoms with Crippen molar-refractivity contribution in [3.8, 4) is 17.2 Å². The molecule has 0 saturated carbocycles. The van der Waals surface area contributed by atoms with E-state index in [1.807, 2.05) is 12.1 Å². The number of ether oxygens (including phenoxy) is 1. The van der Waals surface area contributed by atoms with Crippen molar-refractivity contribution in [3.63, 3.8) is 0 Å². The quantitative estimate of drug-likeness (QED) is 0.509. The highest BCUT2D eigenvalue weighted by atomic mass is 16.5. The number of aromatic nitrogens is 1. The normalized spacial score (nSPS) is 16.9. The maximum Gasteiger partial charge on any atom is 0.203 e. The molecule has 1 fully saturated rings. The minimum Gasteiger partial charge on any atom is -0.489 e. The second-order valence-corrected chi connectivity index (χ2v) is 6.42. The van der Waals surface area contributed by atoms with Crippen molar-refractivity contribution in [1.82, 2.24) is 9.56 Å². The summed E-state index contributed by atoms with van der Waals surface area (Å²) in [5.74, 6) is 1.74. The van der Waals surface area contributed by atoms with Crippen LogP contribution in [0.3, 0.4) is 0 Å². The molecule has 24 heavy (non-hydrogen) atoms. The van der Waals surface area contributed by atoms with E-state index in [0.29, 0.717) is 0 Å². The molecule has 0 bridgehead atoms. The van der Waals surface area contributed by atoms with E-state index in [2.05, 4.69) is 34.6 Å². The summed E-state index contributed by atoms with van der Waals surface area (Å²) in [6.45, 7) is 7.01. The summed E-state index contributed by atoms with van der Waals surface area (Å²) >= 11 is 0. The predicted octanol–water partition coefficient (Wildman–Crippen LogP) is 2.33. The maximum absolute atomic E-state index is 6.19. The molecular weight excluding hydrogens is 302 g/mol. The highest BCUT2D eigenvalue weighted by Gasteiger charge is 2.21. The molecule has 3 aliphatic heterocycles. The second kappa shape index (κ2) is 5.23. The first kappa shape index (κ1) is 13.8. The van der Waals surface area contributed by atoms with E-state index in [1.54, 1.807) is 0 Å². The summed E-state index contributed by atoms with van der Waals surface area (Å²) in [6.07, 6.45) is 1.27. The molecule has 122 valence electrons. The minimum absolute atomic E-state index is 0.719. The van der Waals surface area contributed by atoms with Gasteiger partial charge in [0, 0.05) is 24.7 Å². The summed E-state index contributed by atoms with van der Waals surface area (Å²) in [5.41, 5.74) is 3.64. The van der Waals surface area contributed by atoms with E-state index < -0.39 is 0 Å². The number of nitrogens with zero attached hydrogens (tertiary/aromatic N) is 3. The SMILES string of the molecule is CCN1CCOc2cc3nc4ccc(=[N+]5CCC5)cc-4oc3cc21. The van der Waals surface area contributed by atoms with Gasteiger partial charge in [0.2, 0.25) is 5.36 Å². The van der Waals surface area contributed by atoms with E-state index in [0.717, 1.165) is 66.8 Å². The van der Waals surface area contributed by atoms with Crippen LogP contribution < -0.4 is 19.6 Å². The third kappa shape index (κ3) is 2.08. The van der Waals surface area contributed by atoms with E-state index >= 15 is 0 Å². The third-order valence-electron chi connectivity index (χ3n) is 5.01. The van der Waals surface area contributed by atoms with Crippen molar-refractivity contribution in [2.75, 3.05) is 37.7 Å². The fraction of sp³-hybridized carbons (Fsp3) is 0.368. The van der Waals surface area contributed by atoms with Gasteiger partial charge in [0.15, 0.2) is 11.3 Å². The Morgan fingerprint density at radius 2 is 2.12 bits per heavy atom. The van der Waals surface area contributed by atoms with Gasteiger partial charge in [-0.15, -0.1) is 0 Å². The summed E-state index contributed by atoms with van der Waals surface area (Å²) < 4.78 is 14.4. The number of hydrogen-bond donors (Lipinski definition) is 0. The minimum atomic E-state index is 0.719. The zero-order chi connectivity index (χ0) is 16.1. The Balaban J connectivity index is 1.73. The molecule has 0 atom stereocenters. The van der Waals surface area contributed by atoms with E-state index in [4.69, 9.17) is 14.1 Å². The average molecular weight is 322 g/mol. The molecule has 1 aliphatic carbocycles. The summed E-state index contributed by atoms with van der Waals surface area (Å²) in [6, 6.07) is 10.3. The van der Waals surface area contributed by atoms with Crippen LogP contribution in [0.15, 0.2) is 34.7 Å². The number of rotatable bonds is 1. The van der Waals surface area contributed by atoms with Crippen LogP contribution in [0, 0.1) is 0 Å². The zero-order valence-corrected chi connectivity index (χ0v) is 13.8. The highest BCUT2D eigenvalue weighted by Crippen LogP contribution is 2.36. The maximum atomic E-state index is 6.19. The van der Waals surface area contributed by atoms with E-state index in [9.17, 15) is 0 Å². The van der Waals surface area contributed by atoms with Gasteiger partial charge in [-0.05, 0) is 13.0 Å². The van der Waals surface area contributed by atoms with Gasteiger partial charge >= 0.3 is 0 Å². The third-order valence-corrected chi connectivity index (χ3v) is 5.01.